The molecule has 0 bridgehead atoms. The van der Waals surface area contributed by atoms with E-state index in [0.717, 1.165) is 23.1 Å². The molecule has 0 aliphatic heterocycles. The van der Waals surface area contributed by atoms with E-state index in [-0.39, 0.29) is 19.1 Å². The smallest absolute Gasteiger partial charge is 0.262 e. The molecule has 0 aromatic heterocycles. The molecule has 3 aromatic carbocycles. The molecule has 0 atom stereocenters. The van der Waals surface area contributed by atoms with E-state index >= 15 is 0 Å². The van der Waals surface area contributed by atoms with Crippen LogP contribution in [-0.4, -0.2) is 27.2 Å². The lowest BCUT2D eigenvalue weighted by Gasteiger charge is -2.23. The number of hydrogen-bond acceptors (Lipinski definition) is 4. The number of rotatable bonds is 8. The third-order valence-corrected chi connectivity index (χ3v) is 6.18. The van der Waals surface area contributed by atoms with Crippen molar-refractivity contribution in [3.63, 3.8) is 0 Å². The average molecular weight is 473 g/mol. The van der Waals surface area contributed by atoms with E-state index in [9.17, 15) is 13.2 Å². The van der Waals surface area contributed by atoms with Crippen molar-refractivity contribution < 1.29 is 17.9 Å². The molecule has 8 heteroatoms. The van der Waals surface area contributed by atoms with Gasteiger partial charge in [-0.2, -0.15) is 0 Å². The van der Waals surface area contributed by atoms with Crippen molar-refractivity contribution in [1.29, 1.82) is 0 Å². The van der Waals surface area contributed by atoms with Gasteiger partial charge >= 0.3 is 0 Å². The van der Waals surface area contributed by atoms with Crippen LogP contribution in [-0.2, 0) is 21.4 Å². The number of nitrogens with zero attached hydrogens (tertiary/aromatic N) is 1. The van der Waals surface area contributed by atoms with Crippen LogP contribution in [0.3, 0.4) is 0 Å². The Bertz CT molecular complexity index is 1190. The van der Waals surface area contributed by atoms with Gasteiger partial charge < -0.3 is 10.1 Å². The van der Waals surface area contributed by atoms with Gasteiger partial charge in [-0.3, -0.25) is 9.10 Å². The number of carbonyl (C=O) groups is 1. The van der Waals surface area contributed by atoms with E-state index in [2.05, 4.69) is 5.32 Å². The molecule has 1 N–H and O–H groups in total. The van der Waals surface area contributed by atoms with Gasteiger partial charge in [-0.1, -0.05) is 35.9 Å². The highest BCUT2D eigenvalue weighted by Gasteiger charge is 2.19. The summed E-state index contributed by atoms with van der Waals surface area (Å²) in [6.07, 6.45) is 1.14. The summed E-state index contributed by atoms with van der Waals surface area (Å²) >= 11 is 6.20. The maximum Gasteiger partial charge on any atom is 0.262 e. The predicted molar refractivity (Wildman–Crippen MR) is 129 cm³/mol. The Morgan fingerprint density at radius 3 is 2.22 bits per heavy atom. The molecule has 3 rings (SSSR count). The molecule has 0 heterocycles. The number of sulfonamides is 1. The van der Waals surface area contributed by atoms with Crippen molar-refractivity contribution in [2.45, 2.75) is 20.4 Å². The number of amides is 1. The summed E-state index contributed by atoms with van der Waals surface area (Å²) in [4.78, 5) is 12.2. The summed E-state index contributed by atoms with van der Waals surface area (Å²) in [7, 11) is -3.54. The zero-order valence-electron chi connectivity index (χ0n) is 18.1. The quantitative estimate of drug-likeness (QED) is 0.503. The minimum atomic E-state index is -3.54. The third kappa shape index (κ3) is 6.48. The van der Waals surface area contributed by atoms with Crippen molar-refractivity contribution in [3.8, 4) is 5.75 Å². The fourth-order valence-corrected chi connectivity index (χ4v) is 4.36. The number of anilines is 2. The lowest BCUT2D eigenvalue weighted by Crippen LogP contribution is -2.29. The summed E-state index contributed by atoms with van der Waals surface area (Å²) in [6, 6.07) is 19.4. The number of halogens is 1. The lowest BCUT2D eigenvalue weighted by molar-refractivity contribution is -0.118. The van der Waals surface area contributed by atoms with Crippen LogP contribution in [0.25, 0.3) is 0 Å². The predicted octanol–water partition coefficient (Wildman–Crippen LogP) is 4.94. The van der Waals surface area contributed by atoms with Crippen LogP contribution in [0.15, 0.2) is 66.7 Å². The first-order chi connectivity index (χ1) is 15.1. The Morgan fingerprint density at radius 1 is 1.00 bits per heavy atom. The highest BCUT2D eigenvalue weighted by Crippen LogP contribution is 2.26. The number of ether oxygens (including phenoxy) is 1. The van der Waals surface area contributed by atoms with Crippen LogP contribution in [0.4, 0.5) is 11.4 Å². The van der Waals surface area contributed by atoms with Crippen molar-refractivity contribution in [1.82, 2.24) is 0 Å². The van der Waals surface area contributed by atoms with Gasteiger partial charge in [-0.25, -0.2) is 8.42 Å². The molecule has 0 aliphatic rings. The minimum Gasteiger partial charge on any atom is -0.484 e. The highest BCUT2D eigenvalue weighted by molar-refractivity contribution is 7.92. The Morgan fingerprint density at radius 2 is 1.62 bits per heavy atom. The number of benzene rings is 3. The van der Waals surface area contributed by atoms with Crippen LogP contribution >= 0.6 is 11.6 Å². The van der Waals surface area contributed by atoms with E-state index < -0.39 is 10.0 Å². The molecule has 0 spiro atoms. The van der Waals surface area contributed by atoms with Gasteiger partial charge in [-0.05, 0) is 73.0 Å². The van der Waals surface area contributed by atoms with E-state index in [4.69, 9.17) is 16.3 Å². The van der Waals surface area contributed by atoms with Gasteiger partial charge in [0.25, 0.3) is 5.91 Å². The molecule has 0 saturated carbocycles. The summed E-state index contributed by atoms with van der Waals surface area (Å²) in [5, 5.41) is 3.31. The molecule has 0 radical (unpaired) electrons. The first-order valence-corrected chi connectivity index (χ1v) is 12.2. The summed E-state index contributed by atoms with van der Waals surface area (Å²) in [5.74, 6) is 0.172. The average Bonchev–Trinajstić information content (AvgIpc) is 2.70. The third-order valence-electron chi connectivity index (χ3n) is 4.67. The van der Waals surface area contributed by atoms with Gasteiger partial charge in [0.2, 0.25) is 10.0 Å². The molecule has 3 aromatic rings. The Hall–Kier alpha value is -3.03. The lowest BCUT2D eigenvalue weighted by atomic mass is 10.1. The molecular weight excluding hydrogens is 448 g/mol. The topological polar surface area (TPSA) is 75.7 Å². The Balaban J connectivity index is 1.66. The summed E-state index contributed by atoms with van der Waals surface area (Å²) < 4.78 is 31.6. The molecule has 0 aliphatic carbocycles. The van der Waals surface area contributed by atoms with E-state index in [0.29, 0.717) is 22.0 Å². The standard InChI is InChI=1S/C24H25ClN2O4S/c1-17-12-18(2)14-20(13-17)26-24(28)16-31-22-10-8-21(9-11-22)27(32(3,29)30)15-19-6-4-5-7-23(19)25/h4-14H,15-16H2,1-3H3,(H,26,28). The maximum absolute atomic E-state index is 12.4. The van der Waals surface area contributed by atoms with Crippen LogP contribution in [0, 0.1) is 13.8 Å². The van der Waals surface area contributed by atoms with Crippen molar-refractivity contribution in [2.75, 3.05) is 22.5 Å². The van der Waals surface area contributed by atoms with Crippen LogP contribution < -0.4 is 14.4 Å². The van der Waals surface area contributed by atoms with Crippen molar-refractivity contribution in [2.24, 2.45) is 0 Å². The molecule has 0 saturated heterocycles. The summed E-state index contributed by atoms with van der Waals surface area (Å²) in [6.45, 7) is 3.87. The zero-order valence-corrected chi connectivity index (χ0v) is 19.7. The molecule has 0 unspecified atom stereocenters. The highest BCUT2D eigenvalue weighted by atomic mass is 35.5. The number of carbonyl (C=O) groups excluding carboxylic acids is 1. The Labute approximate surface area is 193 Å². The molecular formula is C24H25ClN2O4S. The SMILES string of the molecule is Cc1cc(C)cc(NC(=O)COc2ccc(N(Cc3ccccc3Cl)S(C)(=O)=O)cc2)c1. The normalized spacial score (nSPS) is 11.1. The molecule has 0 fully saturated rings. The monoisotopic (exact) mass is 472 g/mol. The second-order valence-electron chi connectivity index (χ2n) is 7.57. The minimum absolute atomic E-state index is 0.108. The van der Waals surface area contributed by atoms with Crippen LogP contribution in [0.5, 0.6) is 5.75 Å². The molecule has 6 nitrogen and oxygen atoms in total. The molecule has 32 heavy (non-hydrogen) atoms. The molecule has 168 valence electrons. The van der Waals surface area contributed by atoms with E-state index in [1.165, 1.54) is 4.31 Å². The second-order valence-corrected chi connectivity index (χ2v) is 9.88. The molecule has 1 amide bonds. The van der Waals surface area contributed by atoms with Crippen molar-refractivity contribution >= 4 is 38.9 Å². The first kappa shape index (κ1) is 23.6. The number of aryl methyl sites for hydroxylation is 2. The fourth-order valence-electron chi connectivity index (χ4n) is 3.28. The van der Waals surface area contributed by atoms with Gasteiger partial charge in [0, 0.05) is 10.7 Å². The zero-order chi connectivity index (χ0) is 23.3. The fraction of sp³-hybridized carbons (Fsp3) is 0.208. The number of hydrogen-bond donors (Lipinski definition) is 1. The second kappa shape index (κ2) is 10.1. The van der Waals surface area contributed by atoms with Crippen LogP contribution in [0.2, 0.25) is 5.02 Å². The first-order valence-electron chi connectivity index (χ1n) is 9.94. The van der Waals surface area contributed by atoms with E-state index in [1.54, 1.807) is 42.5 Å². The summed E-state index contributed by atoms with van der Waals surface area (Å²) in [5.41, 5.74) is 4.00. The van der Waals surface area contributed by atoms with Gasteiger partial charge in [-0.15, -0.1) is 0 Å². The van der Waals surface area contributed by atoms with Crippen LogP contribution in [0.1, 0.15) is 16.7 Å². The van der Waals surface area contributed by atoms with Gasteiger partial charge in [0.05, 0.1) is 18.5 Å². The van der Waals surface area contributed by atoms with E-state index in [1.807, 2.05) is 38.1 Å². The Kier molecular flexibility index (Phi) is 7.43. The largest absolute Gasteiger partial charge is 0.484 e. The van der Waals surface area contributed by atoms with Gasteiger partial charge in [0.15, 0.2) is 6.61 Å². The maximum atomic E-state index is 12.4. The van der Waals surface area contributed by atoms with Gasteiger partial charge in [0.1, 0.15) is 5.75 Å². The number of nitrogens with one attached hydrogen (secondary N) is 1. The van der Waals surface area contributed by atoms with Crippen molar-refractivity contribution in [3.05, 3.63) is 88.4 Å².